The Hall–Kier alpha value is -2.09. The average Bonchev–Trinajstić information content (AvgIpc) is 2.83. The minimum Gasteiger partial charge on any atom is -0.474 e. The lowest BCUT2D eigenvalue weighted by atomic mass is 10.2. The standard InChI is InChI=1S/C18H24FN3O3S/c1-24-17(26)20-11-14-12-22(18(23)25-14)13-6-7-16(15(19)10-13)21-8-4-2-3-5-9-21/h6-7,10,14H,2-5,8-9,11-12H2,1H3,(H,20,26)/t14-/m0/s1. The van der Waals surface area contributed by atoms with Gasteiger partial charge in [-0.3, -0.25) is 4.90 Å². The zero-order chi connectivity index (χ0) is 18.5. The molecule has 2 aliphatic rings. The molecule has 2 fully saturated rings. The van der Waals surface area contributed by atoms with Gasteiger partial charge in [0, 0.05) is 13.1 Å². The van der Waals surface area contributed by atoms with Crippen molar-refractivity contribution >= 4 is 34.9 Å². The zero-order valence-electron chi connectivity index (χ0n) is 14.9. The molecule has 0 spiro atoms. The van der Waals surface area contributed by atoms with E-state index in [1.807, 2.05) is 0 Å². The summed E-state index contributed by atoms with van der Waals surface area (Å²) in [6.45, 7) is 2.42. The van der Waals surface area contributed by atoms with Gasteiger partial charge in [0.05, 0.1) is 31.6 Å². The Morgan fingerprint density at radius 2 is 2.08 bits per heavy atom. The van der Waals surface area contributed by atoms with Crippen LogP contribution >= 0.6 is 12.2 Å². The van der Waals surface area contributed by atoms with E-state index in [1.54, 1.807) is 12.1 Å². The van der Waals surface area contributed by atoms with Crippen molar-refractivity contribution in [1.82, 2.24) is 5.32 Å². The molecule has 26 heavy (non-hydrogen) atoms. The maximum absolute atomic E-state index is 14.7. The molecule has 0 aromatic heterocycles. The summed E-state index contributed by atoms with van der Waals surface area (Å²) in [5, 5.41) is 3.10. The average molecular weight is 381 g/mol. The van der Waals surface area contributed by atoms with Crippen molar-refractivity contribution in [1.29, 1.82) is 0 Å². The Morgan fingerprint density at radius 3 is 2.73 bits per heavy atom. The topological polar surface area (TPSA) is 54.0 Å². The van der Waals surface area contributed by atoms with E-state index in [4.69, 9.17) is 21.7 Å². The highest BCUT2D eigenvalue weighted by molar-refractivity contribution is 7.80. The van der Waals surface area contributed by atoms with Crippen molar-refractivity contribution in [2.24, 2.45) is 0 Å². The molecule has 3 rings (SSSR count). The molecule has 1 N–H and O–H groups in total. The SMILES string of the molecule is COC(=S)NC[C@H]1CN(c2ccc(N3CCCCCC3)c(F)c2)C(=O)O1. The second-order valence-electron chi connectivity index (χ2n) is 6.53. The number of rotatable bonds is 4. The number of hydrogen-bond acceptors (Lipinski definition) is 5. The Kier molecular flexibility index (Phi) is 6.13. The van der Waals surface area contributed by atoms with Crippen molar-refractivity contribution < 1.29 is 18.7 Å². The Balaban J connectivity index is 1.66. The number of thiocarbonyl (C=S) groups is 1. The Bertz CT molecular complexity index is 665. The summed E-state index contributed by atoms with van der Waals surface area (Å²) in [6, 6.07) is 4.95. The molecule has 0 bridgehead atoms. The van der Waals surface area contributed by atoms with Gasteiger partial charge < -0.3 is 19.7 Å². The third kappa shape index (κ3) is 4.35. The van der Waals surface area contributed by atoms with Crippen molar-refractivity contribution in [2.45, 2.75) is 31.8 Å². The molecular weight excluding hydrogens is 357 g/mol. The number of benzene rings is 1. The van der Waals surface area contributed by atoms with Crippen LogP contribution < -0.4 is 15.1 Å². The van der Waals surface area contributed by atoms with Crippen LogP contribution in [0.4, 0.5) is 20.6 Å². The highest BCUT2D eigenvalue weighted by atomic mass is 32.1. The first-order valence-electron chi connectivity index (χ1n) is 8.93. The molecule has 6 nitrogen and oxygen atoms in total. The summed E-state index contributed by atoms with van der Waals surface area (Å²) in [5.74, 6) is -0.306. The van der Waals surface area contributed by atoms with Gasteiger partial charge in [-0.1, -0.05) is 12.8 Å². The lowest BCUT2D eigenvalue weighted by molar-refractivity contribution is 0.142. The number of cyclic esters (lactones) is 1. The molecule has 0 aliphatic carbocycles. The molecule has 0 unspecified atom stereocenters. The van der Waals surface area contributed by atoms with E-state index in [-0.39, 0.29) is 17.1 Å². The number of halogens is 1. The zero-order valence-corrected chi connectivity index (χ0v) is 15.7. The minimum absolute atomic E-state index is 0.243. The molecule has 1 aromatic rings. The normalized spacial score (nSPS) is 20.5. The van der Waals surface area contributed by atoms with Crippen molar-refractivity contribution in [2.75, 3.05) is 43.1 Å². The van der Waals surface area contributed by atoms with Crippen LogP contribution in [0.1, 0.15) is 25.7 Å². The number of amides is 1. The molecule has 2 saturated heterocycles. The molecule has 1 atom stereocenters. The number of hydrogen-bond donors (Lipinski definition) is 1. The Labute approximate surface area is 158 Å². The first kappa shape index (κ1) is 18.7. The maximum atomic E-state index is 14.7. The third-order valence-corrected chi connectivity index (χ3v) is 5.03. The number of nitrogens with zero attached hydrogens (tertiary/aromatic N) is 2. The van der Waals surface area contributed by atoms with E-state index >= 15 is 0 Å². The van der Waals surface area contributed by atoms with Crippen molar-refractivity contribution in [3.8, 4) is 0 Å². The lowest BCUT2D eigenvalue weighted by Crippen LogP contribution is -2.34. The van der Waals surface area contributed by atoms with Crippen LogP contribution in [0.5, 0.6) is 0 Å². The van der Waals surface area contributed by atoms with Crippen LogP contribution in [0.2, 0.25) is 0 Å². The van der Waals surface area contributed by atoms with Crippen molar-refractivity contribution in [3.05, 3.63) is 24.0 Å². The van der Waals surface area contributed by atoms with E-state index < -0.39 is 6.09 Å². The van der Waals surface area contributed by atoms with E-state index in [9.17, 15) is 9.18 Å². The van der Waals surface area contributed by atoms with Gasteiger partial charge in [-0.15, -0.1) is 0 Å². The summed E-state index contributed by atoms with van der Waals surface area (Å²) < 4.78 is 24.8. The first-order chi connectivity index (χ1) is 12.6. The van der Waals surface area contributed by atoms with Gasteiger partial charge in [-0.25, -0.2) is 9.18 Å². The molecule has 2 heterocycles. The maximum Gasteiger partial charge on any atom is 0.414 e. The predicted octanol–water partition coefficient (Wildman–Crippen LogP) is 3.05. The largest absolute Gasteiger partial charge is 0.474 e. The van der Waals surface area contributed by atoms with Crippen LogP contribution in [-0.2, 0) is 9.47 Å². The number of methoxy groups -OCH3 is 1. The van der Waals surface area contributed by atoms with E-state index in [1.165, 1.54) is 30.9 Å². The summed E-state index contributed by atoms with van der Waals surface area (Å²) >= 11 is 4.90. The van der Waals surface area contributed by atoms with E-state index in [0.29, 0.717) is 24.5 Å². The number of carbonyl (C=O) groups is 1. The number of anilines is 2. The minimum atomic E-state index is -0.484. The Morgan fingerprint density at radius 1 is 1.35 bits per heavy atom. The molecule has 1 aromatic carbocycles. The fourth-order valence-corrected chi connectivity index (χ4v) is 3.42. The monoisotopic (exact) mass is 381 g/mol. The smallest absolute Gasteiger partial charge is 0.414 e. The van der Waals surface area contributed by atoms with Gasteiger partial charge in [0.1, 0.15) is 11.9 Å². The summed E-state index contributed by atoms with van der Waals surface area (Å²) in [7, 11) is 1.47. The quantitative estimate of drug-likeness (QED) is 0.809. The van der Waals surface area contributed by atoms with Gasteiger partial charge in [0.2, 0.25) is 0 Å². The first-order valence-corrected chi connectivity index (χ1v) is 9.34. The number of carbonyl (C=O) groups excluding carboxylic acids is 1. The molecule has 8 heteroatoms. The highest BCUT2D eigenvalue weighted by Gasteiger charge is 2.33. The van der Waals surface area contributed by atoms with Gasteiger partial charge in [-0.2, -0.15) is 0 Å². The highest BCUT2D eigenvalue weighted by Crippen LogP contribution is 2.29. The van der Waals surface area contributed by atoms with E-state index in [0.717, 1.165) is 25.9 Å². The molecule has 2 aliphatic heterocycles. The molecule has 142 valence electrons. The molecule has 0 radical (unpaired) electrons. The fourth-order valence-electron chi connectivity index (χ4n) is 3.34. The second-order valence-corrected chi connectivity index (χ2v) is 6.90. The number of ether oxygens (including phenoxy) is 2. The summed E-state index contributed by atoms with van der Waals surface area (Å²) in [5.41, 5.74) is 1.11. The van der Waals surface area contributed by atoms with Crippen LogP contribution in [0.25, 0.3) is 0 Å². The van der Waals surface area contributed by atoms with Crippen LogP contribution in [0.15, 0.2) is 18.2 Å². The summed E-state index contributed by atoms with van der Waals surface area (Å²) in [6.07, 6.45) is 3.69. The van der Waals surface area contributed by atoms with Gasteiger partial charge in [0.25, 0.3) is 5.17 Å². The molecule has 1 amide bonds. The molecular formula is C18H24FN3O3S. The van der Waals surface area contributed by atoms with Crippen molar-refractivity contribution in [3.63, 3.8) is 0 Å². The fraction of sp³-hybridized carbons (Fsp3) is 0.556. The predicted molar refractivity (Wildman–Crippen MR) is 102 cm³/mol. The number of nitrogens with one attached hydrogen (secondary N) is 1. The van der Waals surface area contributed by atoms with E-state index in [2.05, 4.69) is 10.2 Å². The van der Waals surface area contributed by atoms with Gasteiger partial charge in [-0.05, 0) is 43.3 Å². The van der Waals surface area contributed by atoms with Crippen LogP contribution in [0, 0.1) is 5.82 Å². The third-order valence-electron chi connectivity index (χ3n) is 4.72. The van der Waals surface area contributed by atoms with Crippen LogP contribution in [0.3, 0.4) is 0 Å². The second kappa shape index (κ2) is 8.53. The van der Waals surface area contributed by atoms with Crippen LogP contribution in [-0.4, -0.2) is 50.7 Å². The van der Waals surface area contributed by atoms with Gasteiger partial charge in [0.15, 0.2) is 0 Å². The van der Waals surface area contributed by atoms with Gasteiger partial charge >= 0.3 is 6.09 Å². The summed E-state index contributed by atoms with van der Waals surface area (Å²) in [4.78, 5) is 15.7. The molecule has 0 saturated carbocycles. The lowest BCUT2D eigenvalue weighted by Gasteiger charge is -2.24.